The highest BCUT2D eigenvalue weighted by molar-refractivity contribution is 14.1. The predicted molar refractivity (Wildman–Crippen MR) is 120 cm³/mol. The highest BCUT2D eigenvalue weighted by atomic mass is 127. The number of oxazole rings is 1. The fraction of sp³-hybridized carbons (Fsp3) is 0.150. The number of aryl methyl sites for hydroxylation is 1. The molecule has 1 amide bonds. The number of carbonyl (C=O) groups is 1. The van der Waals surface area contributed by atoms with Gasteiger partial charge in [0.05, 0.1) is 17.8 Å². The molecule has 2 aromatic carbocycles. The zero-order chi connectivity index (χ0) is 21.3. The second-order valence-electron chi connectivity index (χ2n) is 6.67. The van der Waals surface area contributed by atoms with Gasteiger partial charge < -0.3 is 15.1 Å². The van der Waals surface area contributed by atoms with Crippen LogP contribution >= 0.6 is 22.6 Å². The molecule has 30 heavy (non-hydrogen) atoms. The van der Waals surface area contributed by atoms with Gasteiger partial charge in [0.25, 0.3) is 15.9 Å². The van der Waals surface area contributed by atoms with E-state index in [9.17, 15) is 13.2 Å². The Morgan fingerprint density at radius 3 is 2.80 bits per heavy atom. The van der Waals surface area contributed by atoms with E-state index in [2.05, 4.69) is 20.0 Å². The van der Waals surface area contributed by atoms with Crippen molar-refractivity contribution < 1.29 is 17.6 Å². The van der Waals surface area contributed by atoms with Crippen LogP contribution in [0.2, 0.25) is 0 Å². The van der Waals surface area contributed by atoms with Gasteiger partial charge in [-0.25, -0.2) is 4.98 Å². The van der Waals surface area contributed by atoms with E-state index in [4.69, 9.17) is 4.42 Å². The molecule has 2 heterocycles. The number of hydrogen-bond acceptors (Lipinski definition) is 6. The molecule has 10 heteroatoms. The lowest BCUT2D eigenvalue weighted by Gasteiger charge is -2.20. The molecule has 0 radical (unpaired) electrons. The molecule has 0 fully saturated rings. The van der Waals surface area contributed by atoms with Crippen LogP contribution in [0, 0.1) is 10.5 Å². The maximum atomic E-state index is 12.7. The molecule has 1 atom stereocenters. The van der Waals surface area contributed by atoms with Crippen molar-refractivity contribution in [3.8, 4) is 0 Å². The quantitative estimate of drug-likeness (QED) is 0.485. The van der Waals surface area contributed by atoms with Gasteiger partial charge in [0, 0.05) is 10.1 Å². The molecule has 0 saturated carbocycles. The van der Waals surface area contributed by atoms with Crippen LogP contribution in [-0.4, -0.2) is 31.7 Å². The lowest BCUT2D eigenvalue weighted by atomic mass is 9.94. The number of amides is 1. The summed E-state index contributed by atoms with van der Waals surface area (Å²) in [6, 6.07) is 12.6. The Balaban J connectivity index is 1.57. The number of rotatable bonds is 5. The molecule has 8 nitrogen and oxygen atoms in total. The number of nitrogens with zero attached hydrogens (tertiary/aromatic N) is 2. The van der Waals surface area contributed by atoms with Crippen LogP contribution in [0.15, 0.2) is 68.6 Å². The Kier molecular flexibility index (Phi) is 5.60. The summed E-state index contributed by atoms with van der Waals surface area (Å²) in [5, 5.41) is 5.55. The molecule has 1 unspecified atom stereocenters. The number of aromatic nitrogens is 1. The van der Waals surface area contributed by atoms with Crippen LogP contribution in [0.25, 0.3) is 0 Å². The molecule has 2 N–H and O–H groups in total. The normalized spacial score (nSPS) is 15.5. The second kappa shape index (κ2) is 8.19. The second-order valence-corrected chi connectivity index (χ2v) is 9.49. The van der Waals surface area contributed by atoms with Crippen LogP contribution in [0.1, 0.15) is 22.9 Å². The van der Waals surface area contributed by atoms with Gasteiger partial charge >= 0.3 is 0 Å². The fourth-order valence-electron chi connectivity index (χ4n) is 3.22. The number of benzene rings is 2. The van der Waals surface area contributed by atoms with Gasteiger partial charge in [-0.2, -0.15) is 8.42 Å². The van der Waals surface area contributed by atoms with E-state index in [-0.39, 0.29) is 23.2 Å². The monoisotopic (exact) mass is 536 g/mol. The van der Waals surface area contributed by atoms with E-state index in [1.807, 2.05) is 53.8 Å². The van der Waals surface area contributed by atoms with Gasteiger partial charge in [-0.1, -0.05) is 24.3 Å². The predicted octanol–water partition coefficient (Wildman–Crippen LogP) is 3.05. The Bertz CT molecular complexity index is 1240. The number of anilines is 1. The van der Waals surface area contributed by atoms with Gasteiger partial charge in [-0.15, -0.1) is 4.40 Å². The third kappa shape index (κ3) is 4.10. The number of halogens is 1. The first-order valence-electron chi connectivity index (χ1n) is 9.00. The minimum absolute atomic E-state index is 0.0449. The van der Waals surface area contributed by atoms with Crippen molar-refractivity contribution in [3.05, 3.63) is 75.5 Å². The zero-order valence-corrected chi connectivity index (χ0v) is 18.8. The topological polar surface area (TPSA) is 114 Å². The maximum Gasteiger partial charge on any atom is 0.287 e. The first kappa shape index (κ1) is 20.5. The van der Waals surface area contributed by atoms with Crippen molar-refractivity contribution in [2.75, 3.05) is 11.9 Å². The summed E-state index contributed by atoms with van der Waals surface area (Å²) >= 11 is 2.02. The first-order valence-corrected chi connectivity index (χ1v) is 11.5. The molecule has 154 valence electrons. The van der Waals surface area contributed by atoms with Gasteiger partial charge in [0.2, 0.25) is 11.7 Å². The van der Waals surface area contributed by atoms with Crippen molar-refractivity contribution in [2.24, 2.45) is 4.40 Å². The fourth-order valence-corrected chi connectivity index (χ4v) is 5.07. The minimum atomic E-state index is -3.97. The molecule has 0 aliphatic carbocycles. The van der Waals surface area contributed by atoms with Gasteiger partial charge in [-0.3, -0.25) is 4.79 Å². The molecule has 0 saturated heterocycles. The number of hydrogen-bond donors (Lipinski definition) is 2. The van der Waals surface area contributed by atoms with Gasteiger partial charge in [0.15, 0.2) is 0 Å². The molecule has 1 aliphatic rings. The van der Waals surface area contributed by atoms with E-state index in [1.165, 1.54) is 12.3 Å². The number of fused-ring (bicyclic) bond motifs is 1. The number of sulfonamides is 1. The lowest BCUT2D eigenvalue weighted by molar-refractivity contribution is -0.114. The largest absolute Gasteiger partial charge is 0.448 e. The summed E-state index contributed by atoms with van der Waals surface area (Å²) in [4.78, 5) is 17.0. The summed E-state index contributed by atoms with van der Waals surface area (Å²) in [5.74, 6) is -0.789. The summed E-state index contributed by atoms with van der Waals surface area (Å²) in [5.41, 5.74) is 2.29. The third-order valence-electron chi connectivity index (χ3n) is 4.68. The molecule has 1 aliphatic heterocycles. The summed E-state index contributed by atoms with van der Waals surface area (Å²) < 4.78 is 34.9. The smallest absolute Gasteiger partial charge is 0.287 e. The number of carbonyl (C=O) groups excluding carboxylic acids is 1. The van der Waals surface area contributed by atoms with Crippen molar-refractivity contribution >= 4 is 50.0 Å². The van der Waals surface area contributed by atoms with Crippen LogP contribution < -0.4 is 10.6 Å². The van der Waals surface area contributed by atoms with E-state index >= 15 is 0 Å². The van der Waals surface area contributed by atoms with Gasteiger partial charge in [0.1, 0.15) is 11.2 Å². The van der Waals surface area contributed by atoms with Gasteiger partial charge in [-0.05, 0) is 58.8 Å². The molecule has 4 rings (SSSR count). The average Bonchev–Trinajstić information content (AvgIpc) is 3.24. The van der Waals surface area contributed by atoms with Crippen molar-refractivity contribution in [3.63, 3.8) is 0 Å². The van der Waals surface area contributed by atoms with Crippen molar-refractivity contribution in [2.45, 2.75) is 17.7 Å². The van der Waals surface area contributed by atoms with Crippen molar-refractivity contribution in [1.29, 1.82) is 0 Å². The Morgan fingerprint density at radius 1 is 1.27 bits per heavy atom. The average molecular weight is 536 g/mol. The molecular weight excluding hydrogens is 519 g/mol. The molecular formula is C20H17IN4O4S. The van der Waals surface area contributed by atoms with E-state index in [0.717, 1.165) is 14.7 Å². The summed E-state index contributed by atoms with van der Waals surface area (Å²) in [6.45, 7) is 2.12. The van der Waals surface area contributed by atoms with Crippen LogP contribution in [0.3, 0.4) is 0 Å². The molecule has 3 aromatic rings. The van der Waals surface area contributed by atoms with Crippen LogP contribution in [0.5, 0.6) is 0 Å². The first-order chi connectivity index (χ1) is 14.3. The molecule has 0 bridgehead atoms. The molecule has 0 spiro atoms. The Labute approximate surface area is 187 Å². The highest BCUT2D eigenvalue weighted by Crippen LogP contribution is 2.29. The van der Waals surface area contributed by atoms with Crippen LogP contribution in [0.4, 0.5) is 5.69 Å². The Hall–Kier alpha value is -2.73. The number of amidine groups is 1. The van der Waals surface area contributed by atoms with Crippen LogP contribution in [-0.2, 0) is 14.8 Å². The highest BCUT2D eigenvalue weighted by Gasteiger charge is 2.29. The lowest BCUT2D eigenvalue weighted by Crippen LogP contribution is -2.40. The van der Waals surface area contributed by atoms with E-state index in [1.54, 1.807) is 18.3 Å². The SMILES string of the molecule is Cc1ccccc1C(CNC(=O)C1=NS(=O)(=O)c2cc(I)ccc2N1)c1ncco1. The number of nitrogens with one attached hydrogen (secondary N) is 2. The summed E-state index contributed by atoms with van der Waals surface area (Å²) in [6.07, 6.45) is 3.01. The third-order valence-corrected chi connectivity index (χ3v) is 6.67. The van der Waals surface area contributed by atoms with E-state index in [0.29, 0.717) is 11.6 Å². The zero-order valence-electron chi connectivity index (χ0n) is 15.8. The maximum absolute atomic E-state index is 12.7. The standard InChI is InChI=1S/C20H17IN4O4S/c1-12-4-2-3-5-14(12)15(20-22-8-9-29-20)11-23-19(26)18-24-16-7-6-13(21)10-17(16)30(27,28)25-18/h2-10,15H,11H2,1H3,(H,23,26)(H,24,25). The molecule has 1 aromatic heterocycles. The van der Waals surface area contributed by atoms with Crippen molar-refractivity contribution in [1.82, 2.24) is 10.3 Å². The summed E-state index contributed by atoms with van der Waals surface area (Å²) in [7, 11) is -3.97. The van der Waals surface area contributed by atoms with E-state index < -0.39 is 15.9 Å². The minimum Gasteiger partial charge on any atom is -0.448 e. The Morgan fingerprint density at radius 2 is 2.07 bits per heavy atom.